The molecule has 9 heteroatoms. The van der Waals surface area contributed by atoms with Gasteiger partial charge < -0.3 is 9.84 Å². The van der Waals surface area contributed by atoms with E-state index < -0.39 is 23.6 Å². The molecular weight excluding hydrogens is 527 g/mol. The molecule has 0 aliphatic rings. The Labute approximate surface area is 236 Å². The van der Waals surface area contributed by atoms with Crippen LogP contribution in [0, 0.1) is 13.8 Å². The number of aliphatic carboxylic acids is 1. The molecule has 0 heterocycles. The van der Waals surface area contributed by atoms with E-state index in [2.05, 4.69) is 10.9 Å². The number of benzene rings is 2. The predicted molar refractivity (Wildman–Crippen MR) is 153 cm³/mol. The van der Waals surface area contributed by atoms with Crippen LogP contribution in [0.25, 0.3) is 0 Å². The number of carbonyl (C=O) groups excluding carboxylic acids is 2. The molecule has 0 radical (unpaired) electrons. The maximum atomic E-state index is 12.4. The van der Waals surface area contributed by atoms with Gasteiger partial charge in [0.2, 0.25) is 5.91 Å². The van der Waals surface area contributed by atoms with Crippen molar-refractivity contribution in [3.63, 3.8) is 0 Å². The highest BCUT2D eigenvalue weighted by Gasteiger charge is 2.22. The van der Waals surface area contributed by atoms with Crippen LogP contribution in [0.3, 0.4) is 0 Å². The summed E-state index contributed by atoms with van der Waals surface area (Å²) in [5, 5.41) is 9.08. The zero-order chi connectivity index (χ0) is 28.7. The van der Waals surface area contributed by atoms with Crippen molar-refractivity contribution >= 4 is 41.2 Å². The number of nitrogens with one attached hydrogen (secondary N) is 2. The second-order valence-corrected chi connectivity index (χ2v) is 10.8. The quantitative estimate of drug-likeness (QED) is 0.216. The minimum Gasteiger partial charge on any atom is -0.481 e. The Kier molecular flexibility index (Phi) is 14.8. The molecule has 0 aliphatic carbocycles. The summed E-state index contributed by atoms with van der Waals surface area (Å²) in [6, 6.07) is 15.4. The lowest BCUT2D eigenvalue weighted by Gasteiger charge is -2.21. The van der Waals surface area contributed by atoms with Crippen molar-refractivity contribution in [1.29, 1.82) is 0 Å². The van der Waals surface area contributed by atoms with E-state index in [0.29, 0.717) is 31.0 Å². The van der Waals surface area contributed by atoms with Crippen LogP contribution in [0.4, 0.5) is 4.79 Å². The molecule has 0 bridgehead atoms. The molecule has 0 saturated carbocycles. The topological polar surface area (TPSA) is 105 Å². The molecule has 3 N–H and O–H groups in total. The summed E-state index contributed by atoms with van der Waals surface area (Å²) in [7, 11) is 0. The zero-order valence-corrected chi connectivity index (χ0v) is 24.4. The van der Waals surface area contributed by atoms with Crippen LogP contribution in [-0.2, 0) is 14.3 Å². The van der Waals surface area contributed by atoms with Gasteiger partial charge in [-0.1, -0.05) is 59.7 Å². The van der Waals surface area contributed by atoms with E-state index in [4.69, 9.17) is 33.0 Å². The Hall–Kier alpha value is -2.77. The maximum Gasteiger partial charge on any atom is 0.426 e. The number of rotatable bonds is 10. The molecule has 0 aromatic heterocycles. The van der Waals surface area contributed by atoms with Crippen molar-refractivity contribution < 1.29 is 24.2 Å². The molecule has 2 amide bonds. The Balaban J connectivity index is 0.000000415. The summed E-state index contributed by atoms with van der Waals surface area (Å²) < 4.78 is 5.08. The Morgan fingerprint density at radius 2 is 1.21 bits per heavy atom. The van der Waals surface area contributed by atoms with E-state index in [1.54, 1.807) is 20.8 Å². The molecule has 2 unspecified atom stereocenters. The van der Waals surface area contributed by atoms with Crippen molar-refractivity contribution in [2.75, 3.05) is 11.8 Å². The largest absolute Gasteiger partial charge is 0.481 e. The fraction of sp³-hybridized carbons (Fsp3) is 0.483. The van der Waals surface area contributed by atoms with Crippen molar-refractivity contribution in [3.8, 4) is 0 Å². The van der Waals surface area contributed by atoms with E-state index in [9.17, 15) is 14.4 Å². The van der Waals surface area contributed by atoms with Crippen LogP contribution in [0.5, 0.6) is 0 Å². The number of halogens is 2. The predicted octanol–water partition coefficient (Wildman–Crippen LogP) is 6.84. The first kappa shape index (κ1) is 33.3. The van der Waals surface area contributed by atoms with Crippen LogP contribution in [0.15, 0.2) is 48.5 Å². The average Bonchev–Trinajstić information content (AvgIpc) is 2.84. The fourth-order valence-electron chi connectivity index (χ4n) is 3.55. The number of aryl methyl sites for hydroxylation is 2. The number of ether oxygens (including phenoxy) is 1. The number of hydrogen-bond acceptors (Lipinski definition) is 4. The first-order chi connectivity index (χ1) is 17.9. The third kappa shape index (κ3) is 13.2. The summed E-state index contributed by atoms with van der Waals surface area (Å²) in [4.78, 5) is 35.0. The normalized spacial score (nSPS) is 12.4. The lowest BCUT2D eigenvalue weighted by molar-refractivity contribution is -0.139. The van der Waals surface area contributed by atoms with Gasteiger partial charge in [0.25, 0.3) is 0 Å². The number of carbonyl (C=O) groups is 3. The van der Waals surface area contributed by atoms with E-state index in [0.717, 1.165) is 28.7 Å². The number of amides is 2. The van der Waals surface area contributed by atoms with Gasteiger partial charge in [0, 0.05) is 11.8 Å². The summed E-state index contributed by atoms with van der Waals surface area (Å²) in [6.45, 7) is 9.23. The van der Waals surface area contributed by atoms with Gasteiger partial charge in [-0.15, -0.1) is 23.2 Å². The molecule has 2 rings (SSSR count). The highest BCUT2D eigenvalue weighted by atomic mass is 35.5. The number of hydrogen-bond donors (Lipinski definition) is 3. The van der Waals surface area contributed by atoms with E-state index in [-0.39, 0.29) is 11.8 Å². The maximum absolute atomic E-state index is 12.4. The molecule has 0 fully saturated rings. The minimum atomic E-state index is -0.774. The van der Waals surface area contributed by atoms with Crippen LogP contribution in [0.1, 0.15) is 80.5 Å². The summed E-state index contributed by atoms with van der Waals surface area (Å²) in [5.74, 6) is -0.868. The van der Waals surface area contributed by atoms with Gasteiger partial charge in [0.05, 0.1) is 11.8 Å². The summed E-state index contributed by atoms with van der Waals surface area (Å²) in [5.41, 5.74) is 8.10. The fourth-order valence-corrected chi connectivity index (χ4v) is 3.85. The molecule has 0 saturated heterocycles. The molecule has 2 atom stereocenters. The third-order valence-electron chi connectivity index (χ3n) is 5.51. The van der Waals surface area contributed by atoms with E-state index in [1.807, 2.05) is 62.4 Å². The van der Waals surface area contributed by atoms with Crippen molar-refractivity contribution in [2.45, 2.75) is 77.7 Å². The van der Waals surface area contributed by atoms with Gasteiger partial charge in [0.15, 0.2) is 0 Å². The first-order valence-corrected chi connectivity index (χ1v) is 13.7. The molecular formula is C29H40Cl2N2O5. The molecule has 2 aromatic rings. The summed E-state index contributed by atoms with van der Waals surface area (Å²) in [6.07, 6.45) is 1.95. The number of carboxylic acid groups (broad SMARTS) is 1. The van der Waals surface area contributed by atoms with Crippen LogP contribution in [0.2, 0.25) is 0 Å². The second kappa shape index (κ2) is 16.9. The zero-order valence-electron chi connectivity index (χ0n) is 22.9. The highest BCUT2D eigenvalue weighted by Crippen LogP contribution is 2.23. The highest BCUT2D eigenvalue weighted by molar-refractivity contribution is 6.18. The number of alkyl halides is 2. The Morgan fingerprint density at radius 1 is 0.789 bits per heavy atom. The lowest BCUT2D eigenvalue weighted by Crippen LogP contribution is -2.46. The van der Waals surface area contributed by atoms with Crippen LogP contribution < -0.4 is 10.9 Å². The van der Waals surface area contributed by atoms with Gasteiger partial charge in [0.1, 0.15) is 5.60 Å². The van der Waals surface area contributed by atoms with E-state index in [1.165, 1.54) is 0 Å². The third-order valence-corrected chi connectivity index (χ3v) is 6.05. The molecule has 7 nitrogen and oxygen atoms in total. The lowest BCUT2D eigenvalue weighted by atomic mass is 9.93. The molecule has 0 spiro atoms. The van der Waals surface area contributed by atoms with Gasteiger partial charge >= 0.3 is 12.1 Å². The molecule has 210 valence electrons. The van der Waals surface area contributed by atoms with Gasteiger partial charge in [-0.2, -0.15) is 0 Å². The molecule has 0 aliphatic heterocycles. The molecule has 2 aromatic carbocycles. The van der Waals surface area contributed by atoms with Crippen molar-refractivity contribution in [2.24, 2.45) is 0 Å². The Bertz CT molecular complexity index is 1010. The van der Waals surface area contributed by atoms with Gasteiger partial charge in [-0.25, -0.2) is 10.2 Å². The molecule has 38 heavy (non-hydrogen) atoms. The average molecular weight is 568 g/mol. The van der Waals surface area contributed by atoms with Gasteiger partial charge in [-0.05, 0) is 71.4 Å². The SMILES string of the molecule is Cc1ccc(C(CCCCl)C(=O)NNC(=O)OC(C)(C)C)cc1.Cc1ccc(C(CCCCl)C(=O)O)cc1. The Morgan fingerprint density at radius 3 is 1.61 bits per heavy atom. The number of carboxylic acids is 1. The number of hydrazine groups is 1. The smallest absolute Gasteiger partial charge is 0.426 e. The monoisotopic (exact) mass is 566 g/mol. The van der Waals surface area contributed by atoms with Crippen molar-refractivity contribution in [3.05, 3.63) is 70.8 Å². The van der Waals surface area contributed by atoms with Crippen LogP contribution in [-0.4, -0.2) is 40.4 Å². The second-order valence-electron chi connectivity index (χ2n) is 10.0. The standard InChI is InChI=1S/C17H25ClN2O3.C12H15ClO2/c1-12-7-9-13(10-8-12)14(6-5-11-18)15(21)19-20-16(22)23-17(2,3)4;1-9-4-6-10(7-5-9)11(12(14)15)3-2-8-13/h7-10,14H,5-6,11H2,1-4H3,(H,19,21)(H,20,22);4-7,11H,2-3,8H2,1H3,(H,14,15). The minimum absolute atomic E-state index is 0.287. The first-order valence-electron chi connectivity index (χ1n) is 12.6. The van der Waals surface area contributed by atoms with E-state index >= 15 is 0 Å². The van der Waals surface area contributed by atoms with Crippen LogP contribution >= 0.6 is 23.2 Å². The van der Waals surface area contributed by atoms with Gasteiger partial charge in [-0.3, -0.25) is 15.0 Å². The van der Waals surface area contributed by atoms with Crippen molar-refractivity contribution in [1.82, 2.24) is 10.9 Å². The summed E-state index contributed by atoms with van der Waals surface area (Å²) >= 11 is 11.3.